The molecule has 0 aliphatic heterocycles. The largest absolute Gasteiger partial charge is 0.354 e. The summed E-state index contributed by atoms with van der Waals surface area (Å²) < 4.78 is 0. The molecule has 0 fully saturated rings. The van der Waals surface area contributed by atoms with Gasteiger partial charge in [-0.1, -0.05) is 105 Å². The van der Waals surface area contributed by atoms with Crippen LogP contribution in [0.4, 0.5) is 0 Å². The average molecular weight is 489 g/mol. The van der Waals surface area contributed by atoms with Crippen molar-refractivity contribution in [2.45, 2.75) is 45.0 Å². The SMILES string of the molecule is CC(C)CNC(=O)C(Cc1ccccc1)N(Cc1ccccc1)C(=O)CCSCc1ccccc1. The summed E-state index contributed by atoms with van der Waals surface area (Å²) >= 11 is 1.75. The van der Waals surface area contributed by atoms with Crippen molar-refractivity contribution in [1.82, 2.24) is 10.2 Å². The molecule has 5 heteroatoms. The zero-order chi connectivity index (χ0) is 24.9. The molecule has 3 aromatic carbocycles. The Balaban J connectivity index is 1.76. The lowest BCUT2D eigenvalue weighted by molar-refractivity contribution is -0.141. The quantitative estimate of drug-likeness (QED) is 0.313. The highest BCUT2D eigenvalue weighted by atomic mass is 32.2. The monoisotopic (exact) mass is 488 g/mol. The highest BCUT2D eigenvalue weighted by Crippen LogP contribution is 2.18. The maximum Gasteiger partial charge on any atom is 0.243 e. The van der Waals surface area contributed by atoms with Gasteiger partial charge in [0.25, 0.3) is 0 Å². The molecule has 0 aliphatic carbocycles. The van der Waals surface area contributed by atoms with Gasteiger partial charge in [0.1, 0.15) is 6.04 Å². The predicted octanol–water partition coefficient (Wildman–Crippen LogP) is 5.72. The molecule has 3 aromatic rings. The van der Waals surface area contributed by atoms with E-state index >= 15 is 0 Å². The van der Waals surface area contributed by atoms with E-state index in [1.807, 2.05) is 78.9 Å². The summed E-state index contributed by atoms with van der Waals surface area (Å²) in [6, 6.07) is 29.6. The molecule has 0 heterocycles. The summed E-state index contributed by atoms with van der Waals surface area (Å²) in [6.07, 6.45) is 0.883. The number of amides is 2. The summed E-state index contributed by atoms with van der Waals surface area (Å²) in [7, 11) is 0. The minimum Gasteiger partial charge on any atom is -0.354 e. The van der Waals surface area contributed by atoms with Gasteiger partial charge in [-0.15, -0.1) is 0 Å². The zero-order valence-corrected chi connectivity index (χ0v) is 21.5. The lowest BCUT2D eigenvalue weighted by Crippen LogP contribution is -2.51. The van der Waals surface area contributed by atoms with Crippen molar-refractivity contribution < 1.29 is 9.59 Å². The van der Waals surface area contributed by atoms with Crippen LogP contribution < -0.4 is 5.32 Å². The van der Waals surface area contributed by atoms with E-state index in [4.69, 9.17) is 0 Å². The van der Waals surface area contributed by atoms with E-state index in [1.54, 1.807) is 16.7 Å². The van der Waals surface area contributed by atoms with E-state index in [9.17, 15) is 9.59 Å². The second kappa shape index (κ2) is 14.4. The summed E-state index contributed by atoms with van der Waals surface area (Å²) in [6.45, 7) is 5.15. The molecule has 1 unspecified atom stereocenters. The molecule has 0 bridgehead atoms. The number of nitrogens with zero attached hydrogens (tertiary/aromatic N) is 1. The van der Waals surface area contributed by atoms with Gasteiger partial charge in [-0.25, -0.2) is 0 Å². The van der Waals surface area contributed by atoms with Gasteiger partial charge in [0.05, 0.1) is 0 Å². The molecule has 184 valence electrons. The average Bonchev–Trinajstić information content (AvgIpc) is 2.89. The highest BCUT2D eigenvalue weighted by Gasteiger charge is 2.30. The Labute approximate surface area is 214 Å². The maximum absolute atomic E-state index is 13.6. The molecule has 3 rings (SSSR count). The Morgan fingerprint density at radius 1 is 0.800 bits per heavy atom. The van der Waals surface area contributed by atoms with Gasteiger partial charge >= 0.3 is 0 Å². The van der Waals surface area contributed by atoms with Crippen molar-refractivity contribution in [3.8, 4) is 0 Å². The first-order valence-corrected chi connectivity index (χ1v) is 13.4. The van der Waals surface area contributed by atoms with Crippen molar-refractivity contribution in [1.29, 1.82) is 0 Å². The van der Waals surface area contributed by atoms with Gasteiger partial charge in [-0.2, -0.15) is 11.8 Å². The van der Waals surface area contributed by atoms with Gasteiger partial charge in [-0.3, -0.25) is 9.59 Å². The molecule has 35 heavy (non-hydrogen) atoms. The van der Waals surface area contributed by atoms with Crippen LogP contribution in [0.15, 0.2) is 91.0 Å². The second-order valence-corrected chi connectivity index (χ2v) is 10.2. The molecule has 0 aliphatic rings. The van der Waals surface area contributed by atoms with Crippen LogP contribution in [-0.4, -0.2) is 35.1 Å². The number of carbonyl (C=O) groups excluding carboxylic acids is 2. The fraction of sp³-hybridized carbons (Fsp3) is 0.333. The van der Waals surface area contributed by atoms with Crippen molar-refractivity contribution in [3.63, 3.8) is 0 Å². The van der Waals surface area contributed by atoms with Crippen LogP contribution >= 0.6 is 11.8 Å². The summed E-state index contributed by atoms with van der Waals surface area (Å²) in [4.78, 5) is 28.7. The van der Waals surface area contributed by atoms with Gasteiger partial charge < -0.3 is 10.2 Å². The summed E-state index contributed by atoms with van der Waals surface area (Å²) in [5.41, 5.74) is 3.31. The molecule has 0 saturated carbocycles. The molecular weight excluding hydrogens is 452 g/mol. The Hall–Kier alpha value is -3.05. The Morgan fingerprint density at radius 3 is 1.91 bits per heavy atom. The minimum absolute atomic E-state index is 0.00930. The number of carbonyl (C=O) groups is 2. The minimum atomic E-state index is -0.567. The Morgan fingerprint density at radius 2 is 1.34 bits per heavy atom. The van der Waals surface area contributed by atoms with E-state index in [-0.39, 0.29) is 11.8 Å². The van der Waals surface area contributed by atoms with Crippen LogP contribution in [0.2, 0.25) is 0 Å². The smallest absolute Gasteiger partial charge is 0.243 e. The van der Waals surface area contributed by atoms with E-state index in [0.717, 1.165) is 16.9 Å². The third kappa shape index (κ3) is 9.25. The fourth-order valence-corrected chi connectivity index (χ4v) is 4.72. The molecule has 0 aromatic heterocycles. The van der Waals surface area contributed by atoms with E-state index in [1.165, 1.54) is 5.56 Å². The number of benzene rings is 3. The molecular formula is C30H36N2O2S. The number of rotatable bonds is 13. The third-order valence-electron chi connectivity index (χ3n) is 5.72. The van der Waals surface area contributed by atoms with Crippen LogP contribution in [-0.2, 0) is 28.3 Å². The van der Waals surface area contributed by atoms with Gasteiger partial charge in [0, 0.05) is 37.4 Å². The molecule has 1 atom stereocenters. The lowest BCUT2D eigenvalue weighted by Gasteiger charge is -2.32. The van der Waals surface area contributed by atoms with Crippen molar-refractivity contribution >= 4 is 23.6 Å². The lowest BCUT2D eigenvalue weighted by atomic mass is 10.0. The van der Waals surface area contributed by atoms with Gasteiger partial charge in [0.2, 0.25) is 11.8 Å². The van der Waals surface area contributed by atoms with Crippen LogP contribution in [0, 0.1) is 5.92 Å². The molecule has 0 spiro atoms. The number of hydrogen-bond acceptors (Lipinski definition) is 3. The first-order valence-electron chi connectivity index (χ1n) is 12.3. The number of hydrogen-bond donors (Lipinski definition) is 1. The van der Waals surface area contributed by atoms with Crippen LogP contribution in [0.1, 0.15) is 37.0 Å². The molecule has 1 N–H and O–H groups in total. The fourth-order valence-electron chi connectivity index (χ4n) is 3.82. The standard InChI is InChI=1S/C30H36N2O2S/c1-24(2)21-31-30(34)28(20-25-12-6-3-7-13-25)32(22-26-14-8-4-9-15-26)29(33)18-19-35-23-27-16-10-5-11-17-27/h3-17,24,28H,18-23H2,1-2H3,(H,31,34). The number of nitrogens with one attached hydrogen (secondary N) is 1. The first-order chi connectivity index (χ1) is 17.0. The van der Waals surface area contributed by atoms with E-state index in [0.29, 0.717) is 37.6 Å². The topological polar surface area (TPSA) is 49.4 Å². The highest BCUT2D eigenvalue weighted by molar-refractivity contribution is 7.98. The molecule has 0 saturated heterocycles. The third-order valence-corrected chi connectivity index (χ3v) is 6.75. The van der Waals surface area contributed by atoms with Crippen LogP contribution in [0.3, 0.4) is 0 Å². The van der Waals surface area contributed by atoms with Crippen LogP contribution in [0.5, 0.6) is 0 Å². The normalized spacial score (nSPS) is 11.7. The predicted molar refractivity (Wildman–Crippen MR) is 146 cm³/mol. The van der Waals surface area contributed by atoms with Crippen molar-refractivity contribution in [2.24, 2.45) is 5.92 Å². The summed E-state index contributed by atoms with van der Waals surface area (Å²) in [5.74, 6) is 1.84. The van der Waals surface area contributed by atoms with E-state index < -0.39 is 6.04 Å². The molecule has 2 amide bonds. The first kappa shape index (κ1) is 26.6. The van der Waals surface area contributed by atoms with Gasteiger partial charge in [-0.05, 0) is 22.6 Å². The van der Waals surface area contributed by atoms with E-state index in [2.05, 4.69) is 31.3 Å². The molecule has 0 radical (unpaired) electrons. The number of thioether (sulfide) groups is 1. The van der Waals surface area contributed by atoms with Gasteiger partial charge in [0.15, 0.2) is 0 Å². The van der Waals surface area contributed by atoms with Crippen molar-refractivity contribution in [3.05, 3.63) is 108 Å². The van der Waals surface area contributed by atoms with Crippen LogP contribution in [0.25, 0.3) is 0 Å². The maximum atomic E-state index is 13.6. The zero-order valence-electron chi connectivity index (χ0n) is 20.7. The van der Waals surface area contributed by atoms with Crippen molar-refractivity contribution in [2.75, 3.05) is 12.3 Å². The Kier molecular flexibility index (Phi) is 10.9. The second-order valence-electron chi connectivity index (χ2n) is 9.14. The summed E-state index contributed by atoms with van der Waals surface area (Å²) in [5, 5.41) is 3.07. The molecule has 4 nitrogen and oxygen atoms in total. The Bertz CT molecular complexity index is 1030.